The number of nitrogens with zero attached hydrogens (tertiary/aromatic N) is 1. The van der Waals surface area contributed by atoms with Crippen LogP contribution >= 0.6 is 11.3 Å². The molecule has 94 valence electrons. The maximum Gasteiger partial charge on any atom is 0.328 e. The molecule has 0 aliphatic rings. The van der Waals surface area contributed by atoms with Gasteiger partial charge in [0.15, 0.2) is 0 Å². The SMILES string of the molecule is O=C(O)C(CO)Nc1sccc1-c1cccnc1. The zero-order valence-electron chi connectivity index (χ0n) is 9.41. The predicted octanol–water partition coefficient (Wildman–Crippen LogP) is 1.67. The lowest BCUT2D eigenvalue weighted by Crippen LogP contribution is -2.32. The van der Waals surface area contributed by atoms with Crippen LogP contribution in [-0.4, -0.2) is 33.8 Å². The minimum atomic E-state index is -1.08. The lowest BCUT2D eigenvalue weighted by molar-refractivity contribution is -0.138. The first-order valence-corrected chi connectivity index (χ1v) is 6.18. The Hall–Kier alpha value is -1.92. The molecule has 0 radical (unpaired) electrons. The molecule has 0 spiro atoms. The van der Waals surface area contributed by atoms with Gasteiger partial charge >= 0.3 is 5.97 Å². The van der Waals surface area contributed by atoms with Crippen molar-refractivity contribution in [3.8, 4) is 11.1 Å². The Balaban J connectivity index is 2.26. The smallest absolute Gasteiger partial charge is 0.328 e. The number of aromatic nitrogens is 1. The quantitative estimate of drug-likeness (QED) is 0.765. The summed E-state index contributed by atoms with van der Waals surface area (Å²) in [5, 5.41) is 23.3. The van der Waals surface area contributed by atoms with Gasteiger partial charge in [-0.05, 0) is 17.5 Å². The third-order valence-electron chi connectivity index (χ3n) is 2.42. The summed E-state index contributed by atoms with van der Waals surface area (Å²) in [6.45, 7) is -0.459. The normalized spacial score (nSPS) is 12.1. The fourth-order valence-corrected chi connectivity index (χ4v) is 2.38. The molecule has 3 N–H and O–H groups in total. The second kappa shape index (κ2) is 5.61. The van der Waals surface area contributed by atoms with Gasteiger partial charge in [-0.2, -0.15) is 0 Å². The van der Waals surface area contributed by atoms with Crippen LogP contribution in [0.2, 0.25) is 0 Å². The van der Waals surface area contributed by atoms with Crippen LogP contribution in [0.5, 0.6) is 0 Å². The van der Waals surface area contributed by atoms with Crippen molar-refractivity contribution in [2.45, 2.75) is 6.04 Å². The number of aliphatic carboxylic acids is 1. The minimum Gasteiger partial charge on any atom is -0.480 e. The number of hydrogen-bond donors (Lipinski definition) is 3. The molecular formula is C12H12N2O3S. The van der Waals surface area contributed by atoms with E-state index in [1.165, 1.54) is 11.3 Å². The van der Waals surface area contributed by atoms with E-state index >= 15 is 0 Å². The Labute approximate surface area is 108 Å². The first-order valence-electron chi connectivity index (χ1n) is 5.30. The van der Waals surface area contributed by atoms with E-state index in [1.54, 1.807) is 12.4 Å². The number of carboxylic acids is 1. The number of pyridine rings is 1. The summed E-state index contributed by atoms with van der Waals surface area (Å²) in [7, 11) is 0. The number of aliphatic hydroxyl groups is 1. The van der Waals surface area contributed by atoms with Gasteiger partial charge in [0.25, 0.3) is 0 Å². The number of nitrogens with one attached hydrogen (secondary N) is 1. The van der Waals surface area contributed by atoms with Gasteiger partial charge in [0, 0.05) is 23.5 Å². The van der Waals surface area contributed by atoms with Crippen molar-refractivity contribution in [3.05, 3.63) is 36.0 Å². The molecule has 0 aromatic carbocycles. The number of aliphatic hydroxyl groups excluding tert-OH is 1. The van der Waals surface area contributed by atoms with Crippen LogP contribution in [-0.2, 0) is 4.79 Å². The zero-order chi connectivity index (χ0) is 13.0. The molecular weight excluding hydrogens is 252 g/mol. The number of carbonyl (C=O) groups is 1. The van der Waals surface area contributed by atoms with E-state index in [-0.39, 0.29) is 0 Å². The average molecular weight is 264 g/mol. The summed E-state index contributed by atoms with van der Waals surface area (Å²) >= 11 is 1.39. The lowest BCUT2D eigenvalue weighted by Gasteiger charge is -2.13. The van der Waals surface area contributed by atoms with E-state index in [9.17, 15) is 4.79 Å². The number of anilines is 1. The van der Waals surface area contributed by atoms with Crippen LogP contribution < -0.4 is 5.32 Å². The summed E-state index contributed by atoms with van der Waals surface area (Å²) in [5.74, 6) is -1.08. The van der Waals surface area contributed by atoms with Crippen molar-refractivity contribution in [1.82, 2.24) is 4.98 Å². The fraction of sp³-hybridized carbons (Fsp3) is 0.167. The largest absolute Gasteiger partial charge is 0.480 e. The van der Waals surface area contributed by atoms with Crippen LogP contribution in [0.4, 0.5) is 5.00 Å². The molecule has 6 heteroatoms. The molecule has 2 aromatic heterocycles. The summed E-state index contributed by atoms with van der Waals surface area (Å²) in [6.07, 6.45) is 3.39. The molecule has 0 saturated carbocycles. The maximum atomic E-state index is 10.9. The Bertz CT molecular complexity index is 527. The molecule has 1 atom stereocenters. The van der Waals surface area contributed by atoms with Crippen molar-refractivity contribution < 1.29 is 15.0 Å². The molecule has 0 amide bonds. The van der Waals surface area contributed by atoms with Gasteiger partial charge in [-0.1, -0.05) is 6.07 Å². The Morgan fingerprint density at radius 2 is 2.33 bits per heavy atom. The lowest BCUT2D eigenvalue weighted by atomic mass is 10.1. The van der Waals surface area contributed by atoms with Crippen LogP contribution in [0.1, 0.15) is 0 Å². The minimum absolute atomic E-state index is 0.459. The molecule has 18 heavy (non-hydrogen) atoms. The monoisotopic (exact) mass is 264 g/mol. The van der Waals surface area contributed by atoms with E-state index in [0.717, 1.165) is 11.1 Å². The van der Waals surface area contributed by atoms with Gasteiger partial charge in [-0.25, -0.2) is 4.79 Å². The van der Waals surface area contributed by atoms with Crippen LogP contribution in [0, 0.1) is 0 Å². The van der Waals surface area contributed by atoms with Gasteiger partial charge in [0.05, 0.1) is 11.6 Å². The molecule has 0 aliphatic heterocycles. The number of rotatable bonds is 5. The molecule has 2 rings (SSSR count). The summed E-state index contributed by atoms with van der Waals surface area (Å²) in [5.41, 5.74) is 1.79. The molecule has 0 bridgehead atoms. The van der Waals surface area contributed by atoms with Gasteiger partial charge in [0.2, 0.25) is 0 Å². The van der Waals surface area contributed by atoms with Crippen LogP contribution in [0.15, 0.2) is 36.0 Å². The van der Waals surface area contributed by atoms with Crippen molar-refractivity contribution in [2.75, 3.05) is 11.9 Å². The van der Waals surface area contributed by atoms with Crippen molar-refractivity contribution in [3.63, 3.8) is 0 Å². The topological polar surface area (TPSA) is 82.5 Å². The number of thiophene rings is 1. The van der Waals surface area contributed by atoms with Crippen molar-refractivity contribution in [2.24, 2.45) is 0 Å². The van der Waals surface area contributed by atoms with Crippen molar-refractivity contribution >= 4 is 22.3 Å². The van der Waals surface area contributed by atoms with Gasteiger partial charge in [-0.3, -0.25) is 4.98 Å². The molecule has 2 aromatic rings. The first-order chi connectivity index (χ1) is 8.72. The van der Waals surface area contributed by atoms with E-state index < -0.39 is 18.6 Å². The molecule has 0 fully saturated rings. The Kier molecular flexibility index (Phi) is 3.91. The molecule has 5 nitrogen and oxygen atoms in total. The maximum absolute atomic E-state index is 10.9. The van der Waals surface area contributed by atoms with Crippen LogP contribution in [0.3, 0.4) is 0 Å². The number of carboxylic acid groups (broad SMARTS) is 1. The molecule has 1 unspecified atom stereocenters. The highest BCUT2D eigenvalue weighted by atomic mass is 32.1. The zero-order valence-corrected chi connectivity index (χ0v) is 10.2. The summed E-state index contributed by atoms with van der Waals surface area (Å²) < 4.78 is 0. The van der Waals surface area contributed by atoms with Gasteiger partial charge in [-0.15, -0.1) is 11.3 Å². The fourth-order valence-electron chi connectivity index (χ4n) is 1.51. The van der Waals surface area contributed by atoms with Crippen molar-refractivity contribution in [1.29, 1.82) is 0 Å². The Morgan fingerprint density at radius 1 is 1.50 bits per heavy atom. The standard InChI is InChI=1S/C12H12N2O3S/c15-7-10(12(16)17)14-11-9(3-5-18-11)8-2-1-4-13-6-8/h1-6,10,14-15H,7H2,(H,16,17). The highest BCUT2D eigenvalue weighted by Gasteiger charge is 2.18. The van der Waals surface area contributed by atoms with E-state index in [1.807, 2.05) is 23.6 Å². The summed E-state index contributed by atoms with van der Waals surface area (Å²) in [6, 6.07) is 4.60. The van der Waals surface area contributed by atoms with E-state index in [0.29, 0.717) is 5.00 Å². The second-order valence-electron chi connectivity index (χ2n) is 3.62. The molecule has 2 heterocycles. The highest BCUT2D eigenvalue weighted by molar-refractivity contribution is 7.14. The predicted molar refractivity (Wildman–Crippen MR) is 69.7 cm³/mol. The third-order valence-corrected chi connectivity index (χ3v) is 3.27. The second-order valence-corrected chi connectivity index (χ2v) is 4.54. The number of hydrogen-bond acceptors (Lipinski definition) is 5. The average Bonchev–Trinajstić information content (AvgIpc) is 2.84. The summed E-state index contributed by atoms with van der Waals surface area (Å²) in [4.78, 5) is 14.9. The molecule has 0 saturated heterocycles. The Morgan fingerprint density at radius 3 is 2.94 bits per heavy atom. The third kappa shape index (κ3) is 2.66. The van der Waals surface area contributed by atoms with Gasteiger partial charge in [0.1, 0.15) is 6.04 Å². The molecule has 0 aliphatic carbocycles. The van der Waals surface area contributed by atoms with Gasteiger partial charge < -0.3 is 15.5 Å². The first kappa shape index (κ1) is 12.5. The van der Waals surface area contributed by atoms with Crippen LogP contribution in [0.25, 0.3) is 11.1 Å². The van der Waals surface area contributed by atoms with E-state index in [2.05, 4.69) is 10.3 Å². The van der Waals surface area contributed by atoms with E-state index in [4.69, 9.17) is 10.2 Å². The highest BCUT2D eigenvalue weighted by Crippen LogP contribution is 2.32.